The summed E-state index contributed by atoms with van der Waals surface area (Å²) < 4.78 is 17.7. The fraction of sp³-hybridized carbons (Fsp3) is 0.391. The average Bonchev–Trinajstić information content (AvgIpc) is 2.93. The molecule has 0 atom stereocenters. The average molecular weight is 423 g/mol. The highest BCUT2D eigenvalue weighted by molar-refractivity contribution is 6.56. The van der Waals surface area contributed by atoms with E-state index in [1.54, 1.807) is 6.07 Å². The largest absolute Gasteiger partial charge is 0.492 e. The van der Waals surface area contributed by atoms with Crippen molar-refractivity contribution in [2.24, 2.45) is 0 Å². The number of hydrogen-bond donors (Lipinski definition) is 2. The Bertz CT molecular complexity index is 945. The van der Waals surface area contributed by atoms with Crippen LogP contribution in [0.4, 0.5) is 10.6 Å². The summed E-state index contributed by atoms with van der Waals surface area (Å²) in [4.78, 5) is 16.6. The third kappa shape index (κ3) is 5.65. The van der Waals surface area contributed by atoms with Crippen molar-refractivity contribution < 1.29 is 18.8 Å². The van der Waals surface area contributed by atoms with Crippen molar-refractivity contribution >= 4 is 25.1 Å². The molecule has 8 heteroatoms. The number of aryl methyl sites for hydroxylation is 1. The minimum Gasteiger partial charge on any atom is -0.445 e. The molecular weight excluding hydrogens is 393 g/mol. The molecule has 0 bridgehead atoms. The van der Waals surface area contributed by atoms with Gasteiger partial charge in [0, 0.05) is 12.2 Å². The number of alkyl carbamates (subject to hydrolysis) is 1. The summed E-state index contributed by atoms with van der Waals surface area (Å²) in [6, 6.07) is 13.1. The highest BCUT2D eigenvalue weighted by Gasteiger charge is 2.52. The van der Waals surface area contributed by atoms with E-state index in [0.29, 0.717) is 5.82 Å². The lowest BCUT2D eigenvalue weighted by molar-refractivity contribution is 0.00578. The van der Waals surface area contributed by atoms with Crippen molar-refractivity contribution in [1.29, 1.82) is 0 Å². The Balaban J connectivity index is 1.74. The first-order valence-corrected chi connectivity index (χ1v) is 10.3. The van der Waals surface area contributed by atoms with Gasteiger partial charge < -0.3 is 25.1 Å². The Kier molecular flexibility index (Phi) is 6.72. The number of anilines is 1. The van der Waals surface area contributed by atoms with Gasteiger partial charge in [0.1, 0.15) is 12.4 Å². The van der Waals surface area contributed by atoms with E-state index in [-0.39, 0.29) is 13.2 Å². The molecule has 0 aliphatic carbocycles. The van der Waals surface area contributed by atoms with Crippen LogP contribution in [-0.2, 0) is 20.7 Å². The van der Waals surface area contributed by atoms with Gasteiger partial charge in [-0.3, -0.25) is 0 Å². The molecule has 1 aliphatic heterocycles. The number of benzene rings is 1. The zero-order valence-corrected chi connectivity index (χ0v) is 18.8. The molecule has 1 aromatic heterocycles. The van der Waals surface area contributed by atoms with Crippen molar-refractivity contribution in [3.8, 4) is 0 Å². The SMILES string of the molecule is Cc1nc(N)ccc1C=C(CNC(=O)OCc1ccccc1)B1OC(C)(C)C(C)(C)O1. The summed E-state index contributed by atoms with van der Waals surface area (Å²) in [7, 11) is -0.614. The van der Waals surface area contributed by atoms with E-state index in [0.717, 1.165) is 22.3 Å². The zero-order chi connectivity index (χ0) is 22.6. The van der Waals surface area contributed by atoms with Crippen LogP contribution in [-0.4, -0.2) is 35.9 Å². The Labute approximate surface area is 184 Å². The first-order chi connectivity index (χ1) is 14.6. The molecule has 1 saturated heterocycles. The molecule has 3 N–H and O–H groups in total. The second-order valence-corrected chi connectivity index (χ2v) is 8.63. The first-order valence-electron chi connectivity index (χ1n) is 10.3. The van der Waals surface area contributed by atoms with Gasteiger partial charge in [0.2, 0.25) is 0 Å². The highest BCUT2D eigenvalue weighted by atomic mass is 16.7. The molecule has 0 radical (unpaired) electrons. The number of nitrogens with zero attached hydrogens (tertiary/aromatic N) is 1. The number of nitrogens with two attached hydrogens (primary N) is 1. The highest BCUT2D eigenvalue weighted by Crippen LogP contribution is 2.38. The molecule has 164 valence electrons. The summed E-state index contributed by atoms with van der Waals surface area (Å²) in [6.45, 7) is 10.2. The van der Waals surface area contributed by atoms with Crippen molar-refractivity contribution in [3.05, 3.63) is 64.8 Å². The van der Waals surface area contributed by atoms with Crippen molar-refractivity contribution in [2.45, 2.75) is 52.4 Å². The van der Waals surface area contributed by atoms with Crippen LogP contribution in [0, 0.1) is 6.92 Å². The maximum atomic E-state index is 12.3. The van der Waals surface area contributed by atoms with Gasteiger partial charge in [-0.15, -0.1) is 0 Å². The van der Waals surface area contributed by atoms with Crippen molar-refractivity contribution in [3.63, 3.8) is 0 Å². The predicted molar refractivity (Wildman–Crippen MR) is 122 cm³/mol. The van der Waals surface area contributed by atoms with Gasteiger partial charge in [0.15, 0.2) is 0 Å². The monoisotopic (exact) mass is 423 g/mol. The lowest BCUT2D eigenvalue weighted by atomic mass is 9.77. The molecule has 0 unspecified atom stereocenters. The van der Waals surface area contributed by atoms with Gasteiger partial charge in [0.25, 0.3) is 0 Å². The molecular formula is C23H30BN3O4. The van der Waals surface area contributed by atoms with Crippen LogP contribution in [0.1, 0.15) is 44.5 Å². The summed E-state index contributed by atoms with van der Waals surface area (Å²) >= 11 is 0. The smallest absolute Gasteiger partial charge is 0.445 e. The number of carbonyl (C=O) groups is 1. The number of amides is 1. The lowest BCUT2D eigenvalue weighted by Gasteiger charge is -2.32. The van der Waals surface area contributed by atoms with E-state index >= 15 is 0 Å². The Morgan fingerprint density at radius 2 is 1.77 bits per heavy atom. The van der Waals surface area contributed by atoms with Gasteiger partial charge in [-0.05, 0) is 63.4 Å². The second kappa shape index (κ2) is 9.12. The van der Waals surface area contributed by atoms with E-state index < -0.39 is 24.4 Å². The van der Waals surface area contributed by atoms with E-state index in [1.165, 1.54) is 0 Å². The van der Waals surface area contributed by atoms with Gasteiger partial charge in [-0.1, -0.05) is 36.4 Å². The standard InChI is InChI=1S/C23H30BN3O4/c1-16-18(11-12-20(25)27-16)13-19(24-30-22(2,3)23(4,5)31-24)14-26-21(28)29-15-17-9-7-6-8-10-17/h6-13H,14-15H2,1-5H3,(H2,25,27)(H,26,28). The predicted octanol–water partition coefficient (Wildman–Crippen LogP) is 3.91. The number of ether oxygens (including phenoxy) is 1. The summed E-state index contributed by atoms with van der Waals surface area (Å²) in [5.41, 5.74) is 8.10. The number of pyridine rings is 1. The molecule has 1 aromatic carbocycles. The third-order valence-electron chi connectivity index (χ3n) is 5.69. The van der Waals surface area contributed by atoms with E-state index in [4.69, 9.17) is 19.8 Å². The van der Waals surface area contributed by atoms with Crippen LogP contribution < -0.4 is 11.1 Å². The maximum absolute atomic E-state index is 12.3. The summed E-state index contributed by atoms with van der Waals surface area (Å²) in [6.07, 6.45) is 1.40. The number of rotatable bonds is 6. The minimum atomic E-state index is -0.614. The third-order valence-corrected chi connectivity index (χ3v) is 5.69. The van der Waals surface area contributed by atoms with Crippen molar-refractivity contribution in [1.82, 2.24) is 10.3 Å². The molecule has 3 rings (SSSR count). The van der Waals surface area contributed by atoms with Gasteiger partial charge >= 0.3 is 13.2 Å². The van der Waals surface area contributed by atoms with Gasteiger partial charge in [-0.25, -0.2) is 9.78 Å². The normalized spacial score (nSPS) is 17.5. The Hall–Kier alpha value is -2.84. The van der Waals surface area contributed by atoms with E-state index in [2.05, 4.69) is 10.3 Å². The fourth-order valence-corrected chi connectivity index (χ4v) is 3.09. The van der Waals surface area contributed by atoms with Crippen molar-refractivity contribution in [2.75, 3.05) is 12.3 Å². The van der Waals surface area contributed by atoms with Crippen LogP contribution in [0.15, 0.2) is 47.9 Å². The number of hydrogen-bond acceptors (Lipinski definition) is 6. The number of nitrogen functional groups attached to an aromatic ring is 1. The fourth-order valence-electron chi connectivity index (χ4n) is 3.09. The Morgan fingerprint density at radius 3 is 2.39 bits per heavy atom. The summed E-state index contributed by atoms with van der Waals surface area (Å²) in [5, 5.41) is 2.80. The van der Waals surface area contributed by atoms with Gasteiger partial charge in [-0.2, -0.15) is 0 Å². The first kappa shape index (κ1) is 22.8. The zero-order valence-electron chi connectivity index (χ0n) is 18.8. The number of carbonyl (C=O) groups excluding carboxylic acids is 1. The second-order valence-electron chi connectivity index (χ2n) is 8.63. The topological polar surface area (TPSA) is 95.7 Å². The number of nitrogens with one attached hydrogen (secondary N) is 1. The van der Waals surface area contributed by atoms with Crippen LogP contribution >= 0.6 is 0 Å². The van der Waals surface area contributed by atoms with Crippen LogP contribution in [0.25, 0.3) is 6.08 Å². The van der Waals surface area contributed by atoms with E-state index in [1.807, 2.05) is 77.1 Å². The van der Waals surface area contributed by atoms with Crippen LogP contribution in [0.2, 0.25) is 0 Å². The molecule has 2 heterocycles. The molecule has 1 aliphatic rings. The molecule has 0 saturated carbocycles. The quantitative estimate of drug-likeness (QED) is 0.684. The molecule has 1 fully saturated rings. The maximum Gasteiger partial charge on any atom is 0.492 e. The molecule has 2 aromatic rings. The number of aromatic nitrogens is 1. The molecule has 0 spiro atoms. The van der Waals surface area contributed by atoms with Gasteiger partial charge in [0.05, 0.1) is 11.2 Å². The molecule has 31 heavy (non-hydrogen) atoms. The van der Waals surface area contributed by atoms with Crippen LogP contribution in [0.5, 0.6) is 0 Å². The van der Waals surface area contributed by atoms with E-state index in [9.17, 15) is 4.79 Å². The van der Waals surface area contributed by atoms with Crippen LogP contribution in [0.3, 0.4) is 0 Å². The molecule has 7 nitrogen and oxygen atoms in total. The Morgan fingerprint density at radius 1 is 1.13 bits per heavy atom. The lowest BCUT2D eigenvalue weighted by Crippen LogP contribution is -2.41. The summed E-state index contributed by atoms with van der Waals surface area (Å²) in [5.74, 6) is 0.453. The molecule has 1 amide bonds. The minimum absolute atomic E-state index is 0.198.